The highest BCUT2D eigenvalue weighted by Crippen LogP contribution is 2.26. The number of nitrogens with one attached hydrogen (secondary N) is 2. The smallest absolute Gasteiger partial charge is 0.125 e. The van der Waals surface area contributed by atoms with Gasteiger partial charge >= 0.3 is 0 Å². The quantitative estimate of drug-likeness (QED) is 0.862. The topological polar surface area (TPSA) is 40.7 Å². The molecule has 0 aliphatic rings. The van der Waals surface area contributed by atoms with Crippen LogP contribution in [0.3, 0.4) is 0 Å². The number of halogens is 2. The monoisotopic (exact) mass is 239 g/mol. The third kappa shape index (κ3) is 2.33. The van der Waals surface area contributed by atoms with E-state index in [1.165, 1.54) is 18.2 Å². The van der Waals surface area contributed by atoms with Gasteiger partial charge in [-0.15, -0.1) is 0 Å². The Labute approximate surface area is 97.6 Å². The van der Waals surface area contributed by atoms with Crippen LogP contribution >= 0.6 is 11.6 Å². The number of anilines is 1. The second kappa shape index (κ2) is 4.53. The fourth-order valence-electron chi connectivity index (χ4n) is 1.43. The molecule has 0 saturated heterocycles. The van der Waals surface area contributed by atoms with Gasteiger partial charge in [0.1, 0.15) is 5.82 Å². The molecule has 0 radical (unpaired) electrons. The summed E-state index contributed by atoms with van der Waals surface area (Å²) >= 11 is 5.95. The van der Waals surface area contributed by atoms with Gasteiger partial charge in [-0.1, -0.05) is 11.6 Å². The van der Waals surface area contributed by atoms with E-state index in [1.54, 1.807) is 6.20 Å². The van der Waals surface area contributed by atoms with Crippen molar-refractivity contribution >= 4 is 17.3 Å². The fourth-order valence-corrected chi connectivity index (χ4v) is 1.60. The summed E-state index contributed by atoms with van der Waals surface area (Å²) in [5.41, 5.74) is 1.49. The van der Waals surface area contributed by atoms with E-state index in [2.05, 4.69) is 15.5 Å². The van der Waals surface area contributed by atoms with Gasteiger partial charge in [0, 0.05) is 6.20 Å². The largest absolute Gasteiger partial charge is 0.376 e. The number of hydrogen-bond acceptors (Lipinski definition) is 2. The van der Waals surface area contributed by atoms with Crippen LogP contribution in [0.4, 0.5) is 10.1 Å². The highest BCUT2D eigenvalue weighted by atomic mass is 35.5. The number of benzene rings is 1. The summed E-state index contributed by atoms with van der Waals surface area (Å²) in [5.74, 6) is -0.316. The summed E-state index contributed by atoms with van der Waals surface area (Å²) in [4.78, 5) is 0. The number of nitrogens with zero attached hydrogens (tertiary/aromatic N) is 1. The lowest BCUT2D eigenvalue weighted by Gasteiger charge is -2.14. The van der Waals surface area contributed by atoms with E-state index in [0.29, 0.717) is 10.7 Å². The maximum absolute atomic E-state index is 13.0. The first-order chi connectivity index (χ1) is 7.66. The predicted molar refractivity (Wildman–Crippen MR) is 62.0 cm³/mol. The zero-order valence-corrected chi connectivity index (χ0v) is 9.42. The molecule has 2 aromatic rings. The maximum Gasteiger partial charge on any atom is 0.125 e. The third-order valence-electron chi connectivity index (χ3n) is 2.29. The molecule has 0 spiro atoms. The molecule has 0 aliphatic heterocycles. The van der Waals surface area contributed by atoms with Crippen molar-refractivity contribution in [1.29, 1.82) is 0 Å². The van der Waals surface area contributed by atoms with Crippen LogP contribution in [-0.4, -0.2) is 10.2 Å². The molecule has 0 amide bonds. The molecule has 1 heterocycles. The van der Waals surface area contributed by atoms with Gasteiger partial charge in [-0.2, -0.15) is 5.10 Å². The van der Waals surface area contributed by atoms with Crippen LogP contribution in [0.25, 0.3) is 0 Å². The second-order valence-electron chi connectivity index (χ2n) is 3.50. The molecule has 16 heavy (non-hydrogen) atoms. The van der Waals surface area contributed by atoms with Crippen molar-refractivity contribution in [2.75, 3.05) is 5.32 Å². The molecular formula is C11H11ClFN3. The van der Waals surface area contributed by atoms with E-state index in [0.717, 1.165) is 5.69 Å². The number of aromatic nitrogens is 2. The summed E-state index contributed by atoms with van der Waals surface area (Å²) in [7, 11) is 0. The SMILES string of the molecule is CC(Nc1cc(F)ccc1Cl)c1ccn[nH]1. The van der Waals surface area contributed by atoms with Crippen LogP contribution < -0.4 is 5.32 Å². The summed E-state index contributed by atoms with van der Waals surface area (Å²) < 4.78 is 13.0. The summed E-state index contributed by atoms with van der Waals surface area (Å²) in [5, 5.41) is 10.3. The Bertz CT molecular complexity index is 470. The van der Waals surface area contributed by atoms with Crippen LogP contribution in [-0.2, 0) is 0 Å². The zero-order chi connectivity index (χ0) is 11.5. The highest BCUT2D eigenvalue weighted by molar-refractivity contribution is 6.33. The van der Waals surface area contributed by atoms with Crippen molar-refractivity contribution in [2.24, 2.45) is 0 Å². The van der Waals surface area contributed by atoms with Gasteiger partial charge in [0.15, 0.2) is 0 Å². The number of rotatable bonds is 3. The van der Waals surface area contributed by atoms with Gasteiger partial charge in [-0.05, 0) is 31.2 Å². The lowest BCUT2D eigenvalue weighted by molar-refractivity contribution is 0.628. The van der Waals surface area contributed by atoms with Gasteiger partial charge < -0.3 is 5.32 Å². The average Bonchev–Trinajstić information content (AvgIpc) is 2.76. The Morgan fingerprint density at radius 2 is 2.25 bits per heavy atom. The van der Waals surface area contributed by atoms with Gasteiger partial charge in [0.25, 0.3) is 0 Å². The molecule has 1 unspecified atom stereocenters. The summed E-state index contributed by atoms with van der Waals surface area (Å²) in [6.07, 6.45) is 1.67. The first kappa shape index (κ1) is 11.0. The Morgan fingerprint density at radius 1 is 1.44 bits per heavy atom. The lowest BCUT2D eigenvalue weighted by atomic mass is 10.2. The molecule has 0 saturated carbocycles. The van der Waals surface area contributed by atoms with E-state index < -0.39 is 0 Å². The van der Waals surface area contributed by atoms with E-state index in [1.807, 2.05) is 13.0 Å². The molecular weight excluding hydrogens is 229 g/mol. The summed E-state index contributed by atoms with van der Waals surface area (Å²) in [6.45, 7) is 1.94. The molecule has 1 aromatic carbocycles. The van der Waals surface area contributed by atoms with E-state index in [9.17, 15) is 4.39 Å². The maximum atomic E-state index is 13.0. The van der Waals surface area contributed by atoms with Crippen molar-refractivity contribution in [3.05, 3.63) is 47.0 Å². The average molecular weight is 240 g/mol. The molecule has 3 nitrogen and oxygen atoms in total. The fraction of sp³-hybridized carbons (Fsp3) is 0.182. The minimum Gasteiger partial charge on any atom is -0.376 e. The Morgan fingerprint density at radius 3 is 2.94 bits per heavy atom. The molecule has 2 rings (SSSR count). The molecule has 0 bridgehead atoms. The van der Waals surface area contributed by atoms with Crippen LogP contribution in [0, 0.1) is 5.82 Å². The van der Waals surface area contributed by atoms with Crippen LogP contribution in [0.1, 0.15) is 18.7 Å². The Hall–Kier alpha value is -1.55. The van der Waals surface area contributed by atoms with E-state index in [-0.39, 0.29) is 11.9 Å². The van der Waals surface area contributed by atoms with Gasteiger partial charge in [-0.25, -0.2) is 4.39 Å². The van der Waals surface area contributed by atoms with Gasteiger partial charge in [0.2, 0.25) is 0 Å². The second-order valence-corrected chi connectivity index (χ2v) is 3.91. The van der Waals surface area contributed by atoms with E-state index in [4.69, 9.17) is 11.6 Å². The minimum absolute atomic E-state index is 0.0122. The zero-order valence-electron chi connectivity index (χ0n) is 8.67. The van der Waals surface area contributed by atoms with Gasteiger partial charge in [-0.3, -0.25) is 5.10 Å². The van der Waals surface area contributed by atoms with Crippen molar-refractivity contribution in [2.45, 2.75) is 13.0 Å². The molecule has 0 fully saturated rings. The normalized spacial score (nSPS) is 12.4. The number of H-pyrrole nitrogens is 1. The van der Waals surface area contributed by atoms with Gasteiger partial charge in [0.05, 0.1) is 22.4 Å². The molecule has 0 aliphatic carbocycles. The van der Waals surface area contributed by atoms with Crippen LogP contribution in [0.15, 0.2) is 30.5 Å². The first-order valence-corrected chi connectivity index (χ1v) is 5.25. The van der Waals surface area contributed by atoms with Crippen molar-refractivity contribution in [1.82, 2.24) is 10.2 Å². The van der Waals surface area contributed by atoms with Crippen molar-refractivity contribution in [3.63, 3.8) is 0 Å². The van der Waals surface area contributed by atoms with Crippen LogP contribution in [0.5, 0.6) is 0 Å². The molecule has 2 N–H and O–H groups in total. The first-order valence-electron chi connectivity index (χ1n) is 4.87. The lowest BCUT2D eigenvalue weighted by Crippen LogP contribution is -2.07. The van der Waals surface area contributed by atoms with Crippen molar-refractivity contribution in [3.8, 4) is 0 Å². The van der Waals surface area contributed by atoms with Crippen LogP contribution in [0.2, 0.25) is 5.02 Å². The summed E-state index contributed by atoms with van der Waals surface area (Å²) in [6, 6.07) is 6.06. The molecule has 1 aromatic heterocycles. The predicted octanol–water partition coefficient (Wildman–Crippen LogP) is 3.38. The van der Waals surface area contributed by atoms with Crippen molar-refractivity contribution < 1.29 is 4.39 Å². The molecule has 5 heteroatoms. The molecule has 1 atom stereocenters. The standard InChI is InChI=1S/C11H11ClFN3/c1-7(10-4-5-14-16-10)15-11-6-8(13)2-3-9(11)12/h2-7,15H,1H3,(H,14,16). The van der Waals surface area contributed by atoms with E-state index >= 15 is 0 Å². The Balaban J connectivity index is 2.17. The third-order valence-corrected chi connectivity index (χ3v) is 2.62. The molecule has 84 valence electrons. The number of hydrogen-bond donors (Lipinski definition) is 2. The Kier molecular flexibility index (Phi) is 3.10. The highest BCUT2D eigenvalue weighted by Gasteiger charge is 2.09. The minimum atomic E-state index is -0.316. The number of aromatic amines is 1.